The highest BCUT2D eigenvalue weighted by Crippen LogP contribution is 2.28. The number of phenolic OH excluding ortho intramolecular Hbond substituents is 2. The summed E-state index contributed by atoms with van der Waals surface area (Å²) in [7, 11) is 0. The van der Waals surface area contributed by atoms with Gasteiger partial charge in [0.2, 0.25) is 0 Å². The molecule has 0 radical (unpaired) electrons. The normalized spacial score (nSPS) is 10.4. The molecule has 5 heteroatoms. The van der Waals surface area contributed by atoms with Crippen molar-refractivity contribution in [2.24, 2.45) is 0 Å². The lowest BCUT2D eigenvalue weighted by molar-refractivity contribution is 0.0988. The molecule has 4 nitrogen and oxygen atoms in total. The second-order valence-corrected chi connectivity index (χ2v) is 5.09. The summed E-state index contributed by atoms with van der Waals surface area (Å²) in [6, 6.07) is 9.22. The first-order valence-electron chi connectivity index (χ1n) is 6.54. The van der Waals surface area contributed by atoms with Crippen molar-refractivity contribution in [3.05, 3.63) is 52.5 Å². The number of hydrogen-bond acceptors (Lipinski definition) is 3. The van der Waals surface area contributed by atoms with Crippen LogP contribution in [0.2, 0.25) is 5.02 Å². The number of amides is 1. The number of carbonyl (C=O) groups is 1. The van der Waals surface area contributed by atoms with Crippen LogP contribution in [-0.2, 0) is 0 Å². The third-order valence-corrected chi connectivity index (χ3v) is 3.54. The summed E-state index contributed by atoms with van der Waals surface area (Å²) < 4.78 is 0. The molecule has 0 saturated carbocycles. The summed E-state index contributed by atoms with van der Waals surface area (Å²) in [4.78, 5) is 14.2. The standard InChI is InChI=1S/C16H16ClNO3/c1-3-18(14-9-12(19)6-4-10(14)2)16(21)11-5-7-15(20)13(17)8-11/h4-9,19-20H,3H2,1-2H3. The Hall–Kier alpha value is -2.20. The Morgan fingerprint density at radius 3 is 2.52 bits per heavy atom. The van der Waals surface area contributed by atoms with Crippen molar-refractivity contribution in [3.63, 3.8) is 0 Å². The summed E-state index contributed by atoms with van der Waals surface area (Å²) in [6.07, 6.45) is 0. The number of benzene rings is 2. The fraction of sp³-hybridized carbons (Fsp3) is 0.188. The fourth-order valence-corrected chi connectivity index (χ4v) is 2.29. The molecule has 2 rings (SSSR count). The molecule has 0 aliphatic carbocycles. The number of aryl methyl sites for hydroxylation is 1. The molecule has 1 amide bonds. The van der Waals surface area contributed by atoms with Gasteiger partial charge in [-0.05, 0) is 43.7 Å². The third-order valence-electron chi connectivity index (χ3n) is 3.24. The first kappa shape index (κ1) is 15.2. The van der Waals surface area contributed by atoms with E-state index in [9.17, 15) is 15.0 Å². The Kier molecular flexibility index (Phi) is 4.38. The van der Waals surface area contributed by atoms with E-state index in [2.05, 4.69) is 0 Å². The number of hydrogen-bond donors (Lipinski definition) is 2. The Labute approximate surface area is 128 Å². The number of halogens is 1. The van der Waals surface area contributed by atoms with Gasteiger partial charge < -0.3 is 15.1 Å². The van der Waals surface area contributed by atoms with Crippen LogP contribution in [0.15, 0.2) is 36.4 Å². The van der Waals surface area contributed by atoms with E-state index in [-0.39, 0.29) is 22.4 Å². The van der Waals surface area contributed by atoms with Gasteiger partial charge in [0.05, 0.1) is 10.7 Å². The average molecular weight is 306 g/mol. The van der Waals surface area contributed by atoms with Crippen LogP contribution in [0.1, 0.15) is 22.8 Å². The molecule has 0 aromatic heterocycles. The summed E-state index contributed by atoms with van der Waals surface area (Å²) in [5, 5.41) is 19.2. The lowest BCUT2D eigenvalue weighted by atomic mass is 10.1. The number of nitrogens with zero attached hydrogens (tertiary/aromatic N) is 1. The molecule has 2 N–H and O–H groups in total. The molecule has 0 spiro atoms. The molecule has 2 aromatic rings. The zero-order chi connectivity index (χ0) is 15.6. The lowest BCUT2D eigenvalue weighted by Crippen LogP contribution is -2.31. The van der Waals surface area contributed by atoms with E-state index in [1.54, 1.807) is 23.1 Å². The van der Waals surface area contributed by atoms with E-state index in [4.69, 9.17) is 11.6 Å². The molecule has 0 bridgehead atoms. The molecule has 110 valence electrons. The highest BCUT2D eigenvalue weighted by Gasteiger charge is 2.19. The smallest absolute Gasteiger partial charge is 0.258 e. The number of aromatic hydroxyl groups is 2. The van der Waals surface area contributed by atoms with E-state index in [0.717, 1.165) is 5.56 Å². The highest BCUT2D eigenvalue weighted by atomic mass is 35.5. The molecule has 0 heterocycles. The minimum Gasteiger partial charge on any atom is -0.508 e. The van der Waals surface area contributed by atoms with Crippen LogP contribution in [0.25, 0.3) is 0 Å². The molecule has 21 heavy (non-hydrogen) atoms. The van der Waals surface area contributed by atoms with E-state index in [1.807, 2.05) is 13.8 Å². The first-order chi connectivity index (χ1) is 9.93. The van der Waals surface area contributed by atoms with Crippen LogP contribution in [0.4, 0.5) is 5.69 Å². The topological polar surface area (TPSA) is 60.8 Å². The predicted molar refractivity (Wildman–Crippen MR) is 83.3 cm³/mol. The second-order valence-electron chi connectivity index (χ2n) is 4.69. The Morgan fingerprint density at radius 2 is 1.90 bits per heavy atom. The minimum absolute atomic E-state index is 0.0650. The Balaban J connectivity index is 2.43. The summed E-state index contributed by atoms with van der Waals surface area (Å²) in [5.41, 5.74) is 1.90. The van der Waals surface area contributed by atoms with E-state index in [0.29, 0.717) is 17.8 Å². The van der Waals surface area contributed by atoms with Gasteiger partial charge in [-0.1, -0.05) is 17.7 Å². The third kappa shape index (κ3) is 3.11. The zero-order valence-corrected chi connectivity index (χ0v) is 12.6. The lowest BCUT2D eigenvalue weighted by Gasteiger charge is -2.23. The quantitative estimate of drug-likeness (QED) is 0.908. The minimum atomic E-state index is -0.242. The van der Waals surface area contributed by atoms with Gasteiger partial charge in [0, 0.05) is 18.2 Å². The van der Waals surface area contributed by atoms with Crippen molar-refractivity contribution >= 4 is 23.2 Å². The number of carbonyl (C=O) groups excluding carboxylic acids is 1. The summed E-state index contributed by atoms with van der Waals surface area (Å²) >= 11 is 5.85. The molecule has 0 saturated heterocycles. The maximum absolute atomic E-state index is 12.6. The fourth-order valence-electron chi connectivity index (χ4n) is 2.11. The van der Waals surface area contributed by atoms with Gasteiger partial charge in [-0.15, -0.1) is 0 Å². The van der Waals surface area contributed by atoms with E-state index >= 15 is 0 Å². The van der Waals surface area contributed by atoms with Crippen LogP contribution < -0.4 is 4.90 Å². The van der Waals surface area contributed by atoms with Crippen LogP contribution >= 0.6 is 11.6 Å². The molecule has 2 aromatic carbocycles. The molecule has 0 atom stereocenters. The van der Waals surface area contributed by atoms with E-state index in [1.165, 1.54) is 18.2 Å². The van der Waals surface area contributed by atoms with Crippen molar-refractivity contribution in [2.75, 3.05) is 11.4 Å². The van der Waals surface area contributed by atoms with Crippen LogP contribution in [0.3, 0.4) is 0 Å². The molecule has 0 aliphatic heterocycles. The Bertz CT molecular complexity index is 685. The largest absolute Gasteiger partial charge is 0.508 e. The van der Waals surface area contributed by atoms with Crippen molar-refractivity contribution in [1.29, 1.82) is 0 Å². The Morgan fingerprint density at radius 1 is 1.19 bits per heavy atom. The van der Waals surface area contributed by atoms with Crippen LogP contribution in [0, 0.1) is 6.92 Å². The molecular weight excluding hydrogens is 290 g/mol. The van der Waals surface area contributed by atoms with Crippen molar-refractivity contribution in [2.45, 2.75) is 13.8 Å². The van der Waals surface area contributed by atoms with Crippen LogP contribution in [-0.4, -0.2) is 22.7 Å². The maximum Gasteiger partial charge on any atom is 0.258 e. The van der Waals surface area contributed by atoms with Crippen molar-refractivity contribution < 1.29 is 15.0 Å². The van der Waals surface area contributed by atoms with Gasteiger partial charge in [0.15, 0.2) is 0 Å². The van der Waals surface area contributed by atoms with E-state index < -0.39 is 0 Å². The second kappa shape index (κ2) is 6.06. The summed E-state index contributed by atoms with van der Waals surface area (Å²) in [5.74, 6) is -0.205. The molecule has 0 aliphatic rings. The van der Waals surface area contributed by atoms with Gasteiger partial charge in [0.25, 0.3) is 5.91 Å². The van der Waals surface area contributed by atoms with Crippen molar-refractivity contribution in [1.82, 2.24) is 0 Å². The van der Waals surface area contributed by atoms with Crippen LogP contribution in [0.5, 0.6) is 11.5 Å². The average Bonchev–Trinajstić information content (AvgIpc) is 2.46. The predicted octanol–water partition coefficient (Wildman–Crippen LogP) is 3.73. The zero-order valence-electron chi connectivity index (χ0n) is 11.8. The van der Waals surface area contributed by atoms with Gasteiger partial charge >= 0.3 is 0 Å². The summed E-state index contributed by atoms with van der Waals surface area (Å²) in [6.45, 7) is 4.17. The molecule has 0 unspecified atom stereocenters. The molecule has 0 fully saturated rings. The van der Waals surface area contributed by atoms with Gasteiger partial charge in [-0.25, -0.2) is 0 Å². The monoisotopic (exact) mass is 305 g/mol. The maximum atomic E-state index is 12.6. The van der Waals surface area contributed by atoms with Gasteiger partial charge in [0.1, 0.15) is 11.5 Å². The SMILES string of the molecule is CCN(C(=O)c1ccc(O)c(Cl)c1)c1cc(O)ccc1C. The van der Waals surface area contributed by atoms with Crippen molar-refractivity contribution in [3.8, 4) is 11.5 Å². The number of phenols is 2. The number of anilines is 1. The van der Waals surface area contributed by atoms with Gasteiger partial charge in [-0.2, -0.15) is 0 Å². The first-order valence-corrected chi connectivity index (χ1v) is 6.91. The highest BCUT2D eigenvalue weighted by molar-refractivity contribution is 6.32. The number of rotatable bonds is 3. The van der Waals surface area contributed by atoms with Gasteiger partial charge in [-0.3, -0.25) is 4.79 Å². The molecular formula is C16H16ClNO3.